The molecule has 1 heterocycles. The lowest BCUT2D eigenvalue weighted by molar-refractivity contribution is 0.0951. The van der Waals surface area contributed by atoms with E-state index in [1.807, 2.05) is 6.07 Å². The third kappa shape index (κ3) is 5.44. The minimum absolute atomic E-state index is 0.124. The Bertz CT molecular complexity index is 963. The molecular formula is C21H25N5O3. The lowest BCUT2D eigenvalue weighted by atomic mass is 10.2. The Kier molecular flexibility index (Phi) is 7.96. The maximum absolute atomic E-state index is 12.5. The van der Waals surface area contributed by atoms with Crippen molar-refractivity contribution in [3.63, 3.8) is 0 Å². The van der Waals surface area contributed by atoms with E-state index in [1.54, 1.807) is 38.0 Å². The molecular weight excluding hydrogens is 370 g/mol. The van der Waals surface area contributed by atoms with Gasteiger partial charge in [-0.25, -0.2) is 4.98 Å². The van der Waals surface area contributed by atoms with Crippen LogP contribution in [0.3, 0.4) is 0 Å². The van der Waals surface area contributed by atoms with Crippen LogP contribution in [-0.2, 0) is 7.05 Å². The van der Waals surface area contributed by atoms with E-state index >= 15 is 0 Å². The van der Waals surface area contributed by atoms with Crippen LogP contribution in [0, 0.1) is 24.2 Å². The number of carbonyl (C=O) groups is 1. The number of benzene rings is 1. The fourth-order valence-corrected chi connectivity index (χ4v) is 2.56. The predicted octanol–water partition coefficient (Wildman–Crippen LogP) is 0.961. The van der Waals surface area contributed by atoms with Gasteiger partial charge in [-0.2, -0.15) is 0 Å². The van der Waals surface area contributed by atoms with Crippen LogP contribution in [0.15, 0.2) is 18.2 Å². The van der Waals surface area contributed by atoms with E-state index in [0.29, 0.717) is 41.9 Å². The Balaban J connectivity index is 2.37. The molecule has 0 spiro atoms. The van der Waals surface area contributed by atoms with Gasteiger partial charge in [0.05, 0.1) is 20.8 Å². The average Bonchev–Trinajstić information content (AvgIpc) is 3.05. The van der Waals surface area contributed by atoms with E-state index in [4.69, 9.17) is 21.6 Å². The summed E-state index contributed by atoms with van der Waals surface area (Å²) in [4.78, 5) is 17.0. The number of amides is 1. The number of nitrogens with one attached hydrogen (secondary N) is 2. The molecule has 0 bridgehead atoms. The van der Waals surface area contributed by atoms with Gasteiger partial charge in [-0.05, 0) is 37.1 Å². The first-order chi connectivity index (χ1) is 14.0. The number of terminal acetylenes is 1. The Morgan fingerprint density at radius 1 is 1.28 bits per heavy atom. The highest BCUT2D eigenvalue weighted by Gasteiger charge is 2.20. The highest BCUT2D eigenvalue weighted by molar-refractivity contribution is 5.97. The molecule has 1 aromatic carbocycles. The maximum atomic E-state index is 12.5. The first kappa shape index (κ1) is 21.7. The third-order valence-electron chi connectivity index (χ3n) is 4.04. The highest BCUT2D eigenvalue weighted by Crippen LogP contribution is 2.27. The lowest BCUT2D eigenvalue weighted by Crippen LogP contribution is -2.27. The van der Waals surface area contributed by atoms with Gasteiger partial charge in [0.1, 0.15) is 0 Å². The van der Waals surface area contributed by atoms with Crippen LogP contribution in [0.2, 0.25) is 0 Å². The second-order valence-electron chi connectivity index (χ2n) is 5.97. The normalized spacial score (nSPS) is 9.76. The van der Waals surface area contributed by atoms with Gasteiger partial charge < -0.3 is 30.4 Å². The Morgan fingerprint density at radius 3 is 2.69 bits per heavy atom. The van der Waals surface area contributed by atoms with Gasteiger partial charge >= 0.3 is 0 Å². The number of aromatic nitrogens is 2. The van der Waals surface area contributed by atoms with E-state index in [-0.39, 0.29) is 12.5 Å². The zero-order chi connectivity index (χ0) is 21.2. The van der Waals surface area contributed by atoms with Crippen LogP contribution < -0.4 is 25.8 Å². The molecule has 0 radical (unpaired) electrons. The predicted molar refractivity (Wildman–Crippen MR) is 112 cm³/mol. The summed E-state index contributed by atoms with van der Waals surface area (Å²) in [7, 11) is 4.86. The first-order valence-electron chi connectivity index (χ1n) is 9.02. The first-order valence-corrected chi connectivity index (χ1v) is 9.02. The SMILES string of the molecule is C#CCNC(=O)c1c(NCCCN)nc(C#Cc2ccc(OC)c(OC)c2)n1C. The van der Waals surface area contributed by atoms with Crippen LogP contribution in [0.25, 0.3) is 0 Å². The quantitative estimate of drug-likeness (QED) is 0.454. The van der Waals surface area contributed by atoms with Crippen molar-refractivity contribution in [2.75, 3.05) is 39.2 Å². The number of methoxy groups -OCH3 is 2. The maximum Gasteiger partial charge on any atom is 0.272 e. The second kappa shape index (κ2) is 10.6. The van der Waals surface area contributed by atoms with E-state index < -0.39 is 0 Å². The molecule has 0 fully saturated rings. The van der Waals surface area contributed by atoms with Crippen LogP contribution in [0.5, 0.6) is 11.5 Å². The smallest absolute Gasteiger partial charge is 0.272 e. The van der Waals surface area contributed by atoms with Crippen LogP contribution in [0.4, 0.5) is 5.82 Å². The van der Waals surface area contributed by atoms with Gasteiger partial charge in [-0.1, -0.05) is 11.8 Å². The Morgan fingerprint density at radius 2 is 2.03 bits per heavy atom. The number of nitrogens with zero attached hydrogens (tertiary/aromatic N) is 2. The van der Waals surface area contributed by atoms with Gasteiger partial charge in [0, 0.05) is 19.2 Å². The fraction of sp³-hybridized carbons (Fsp3) is 0.333. The number of imidazole rings is 1. The lowest BCUT2D eigenvalue weighted by Gasteiger charge is -2.07. The zero-order valence-electron chi connectivity index (χ0n) is 16.8. The summed E-state index contributed by atoms with van der Waals surface area (Å²) >= 11 is 0. The van der Waals surface area contributed by atoms with Crippen molar-refractivity contribution in [3.8, 4) is 35.7 Å². The molecule has 2 rings (SSSR count). The molecule has 0 saturated heterocycles. The van der Waals surface area contributed by atoms with Crippen LogP contribution in [-0.4, -0.2) is 49.3 Å². The zero-order valence-corrected chi connectivity index (χ0v) is 16.8. The number of carbonyl (C=O) groups excluding carboxylic acids is 1. The van der Waals surface area contributed by atoms with Gasteiger partial charge in [0.2, 0.25) is 0 Å². The van der Waals surface area contributed by atoms with Crippen LogP contribution >= 0.6 is 0 Å². The van der Waals surface area contributed by atoms with Gasteiger partial charge in [-0.15, -0.1) is 6.42 Å². The molecule has 0 saturated carbocycles. The van der Waals surface area contributed by atoms with Gasteiger partial charge in [0.15, 0.2) is 28.8 Å². The summed E-state index contributed by atoms with van der Waals surface area (Å²) in [5.74, 6) is 10.2. The number of hydrogen-bond donors (Lipinski definition) is 3. The van der Waals surface area contributed by atoms with Crippen molar-refractivity contribution < 1.29 is 14.3 Å². The molecule has 1 amide bonds. The van der Waals surface area contributed by atoms with Crippen molar-refractivity contribution >= 4 is 11.7 Å². The van der Waals surface area contributed by atoms with Crippen molar-refractivity contribution in [3.05, 3.63) is 35.3 Å². The highest BCUT2D eigenvalue weighted by atomic mass is 16.5. The number of nitrogens with two attached hydrogens (primary N) is 1. The number of hydrogen-bond acceptors (Lipinski definition) is 6. The molecule has 152 valence electrons. The largest absolute Gasteiger partial charge is 0.493 e. The molecule has 1 aromatic heterocycles. The molecule has 2 aromatic rings. The molecule has 8 nitrogen and oxygen atoms in total. The van der Waals surface area contributed by atoms with Crippen molar-refractivity contribution in [1.29, 1.82) is 0 Å². The molecule has 0 atom stereocenters. The minimum Gasteiger partial charge on any atom is -0.493 e. The van der Waals surface area contributed by atoms with E-state index in [1.165, 1.54) is 0 Å². The second-order valence-corrected chi connectivity index (χ2v) is 5.97. The summed E-state index contributed by atoms with van der Waals surface area (Å²) in [6.45, 7) is 1.24. The Hall–Kier alpha value is -3.62. The number of anilines is 1. The van der Waals surface area contributed by atoms with Gasteiger partial charge in [0.25, 0.3) is 5.91 Å². The summed E-state index contributed by atoms with van der Waals surface area (Å²) < 4.78 is 12.2. The average molecular weight is 395 g/mol. The molecule has 8 heteroatoms. The molecule has 0 unspecified atom stereocenters. The third-order valence-corrected chi connectivity index (χ3v) is 4.04. The minimum atomic E-state index is -0.327. The molecule has 0 aliphatic carbocycles. The van der Waals surface area contributed by atoms with E-state index in [0.717, 1.165) is 12.0 Å². The molecule has 29 heavy (non-hydrogen) atoms. The van der Waals surface area contributed by atoms with Gasteiger partial charge in [-0.3, -0.25) is 4.79 Å². The number of rotatable bonds is 8. The van der Waals surface area contributed by atoms with E-state index in [9.17, 15) is 4.79 Å². The summed E-state index contributed by atoms with van der Waals surface area (Å²) in [6, 6.07) is 5.37. The monoisotopic (exact) mass is 395 g/mol. The Labute approximate surface area is 170 Å². The summed E-state index contributed by atoms with van der Waals surface area (Å²) in [5.41, 5.74) is 6.62. The molecule has 0 aliphatic heterocycles. The summed E-state index contributed by atoms with van der Waals surface area (Å²) in [6.07, 6.45) is 5.98. The van der Waals surface area contributed by atoms with Crippen LogP contribution in [0.1, 0.15) is 28.3 Å². The van der Waals surface area contributed by atoms with E-state index in [2.05, 4.69) is 33.4 Å². The van der Waals surface area contributed by atoms with Crippen molar-refractivity contribution in [2.45, 2.75) is 6.42 Å². The topological polar surface area (TPSA) is 103 Å². The number of ether oxygens (including phenoxy) is 2. The fourth-order valence-electron chi connectivity index (χ4n) is 2.56. The standard InChI is InChI=1S/C21H25N5O3/c1-5-12-24-21(27)19-20(23-13-6-11-22)25-18(26(19)2)10-8-15-7-9-16(28-3)17(14-15)29-4/h1,7,9,14,23H,6,11-13,22H2,2-4H3,(H,24,27). The summed E-state index contributed by atoms with van der Waals surface area (Å²) in [5, 5.41) is 5.79. The molecule has 0 aliphatic rings. The van der Waals surface area contributed by atoms with Crippen molar-refractivity contribution in [2.24, 2.45) is 12.8 Å². The van der Waals surface area contributed by atoms with Crippen molar-refractivity contribution in [1.82, 2.24) is 14.9 Å². The molecule has 4 N–H and O–H groups in total.